The van der Waals surface area contributed by atoms with Gasteiger partial charge >= 0.3 is 0 Å². The first-order chi connectivity index (χ1) is 13.8. The van der Waals surface area contributed by atoms with E-state index in [2.05, 4.69) is 5.32 Å². The first kappa shape index (κ1) is 21.1. The summed E-state index contributed by atoms with van der Waals surface area (Å²) in [4.78, 5) is 12.7. The third kappa shape index (κ3) is 4.70. The number of anilines is 1. The minimum absolute atomic E-state index is 0.0612. The Bertz CT molecular complexity index is 1070. The summed E-state index contributed by atoms with van der Waals surface area (Å²) in [6.07, 6.45) is 1.15. The predicted molar refractivity (Wildman–Crippen MR) is 109 cm³/mol. The van der Waals surface area contributed by atoms with Gasteiger partial charge in [0.1, 0.15) is 5.75 Å². The molecule has 1 atom stereocenters. The normalized spacial score (nSPS) is 17.3. The number of piperidine rings is 1. The number of carbonyl (C=O) groups excluding carboxylic acids is 1. The molecule has 0 spiro atoms. The van der Waals surface area contributed by atoms with E-state index in [-0.39, 0.29) is 22.4 Å². The number of ether oxygens (including phenoxy) is 1. The fourth-order valence-electron chi connectivity index (χ4n) is 3.24. The van der Waals surface area contributed by atoms with Crippen LogP contribution in [0.3, 0.4) is 0 Å². The van der Waals surface area contributed by atoms with Gasteiger partial charge in [0.05, 0.1) is 34.6 Å². The Morgan fingerprint density at radius 2 is 2.10 bits per heavy atom. The zero-order valence-electron chi connectivity index (χ0n) is 15.8. The van der Waals surface area contributed by atoms with Gasteiger partial charge in [0.25, 0.3) is 0 Å². The fourth-order valence-corrected chi connectivity index (χ4v) is 5.12. The first-order valence-electron chi connectivity index (χ1n) is 9.00. The third-order valence-electron chi connectivity index (χ3n) is 4.78. The van der Waals surface area contributed by atoms with Gasteiger partial charge in [-0.25, -0.2) is 8.42 Å². The van der Waals surface area contributed by atoms with Crippen LogP contribution in [0.15, 0.2) is 47.4 Å². The number of nitriles is 1. The maximum Gasteiger partial charge on any atom is 0.243 e. The van der Waals surface area contributed by atoms with E-state index in [1.165, 1.54) is 29.6 Å². The lowest BCUT2D eigenvalue weighted by Gasteiger charge is -2.31. The Morgan fingerprint density at radius 3 is 2.79 bits per heavy atom. The first-order valence-corrected chi connectivity index (χ1v) is 10.8. The number of benzene rings is 2. The molecular weight excluding hydrogens is 414 g/mol. The maximum absolute atomic E-state index is 13.0. The molecule has 1 N–H and O–H groups in total. The molecule has 1 heterocycles. The van der Waals surface area contributed by atoms with Gasteiger partial charge in [0.15, 0.2) is 0 Å². The van der Waals surface area contributed by atoms with E-state index in [9.17, 15) is 13.2 Å². The largest absolute Gasteiger partial charge is 0.495 e. The maximum atomic E-state index is 13.0. The Labute approximate surface area is 174 Å². The summed E-state index contributed by atoms with van der Waals surface area (Å²) in [5.41, 5.74) is 0.947. The molecule has 0 radical (unpaired) electrons. The molecule has 152 valence electrons. The van der Waals surface area contributed by atoms with Crippen molar-refractivity contribution in [3.63, 3.8) is 0 Å². The van der Waals surface area contributed by atoms with Crippen molar-refractivity contribution in [2.24, 2.45) is 5.92 Å². The quantitative estimate of drug-likeness (QED) is 0.780. The number of methoxy groups -OCH3 is 1. The van der Waals surface area contributed by atoms with Gasteiger partial charge in [0.2, 0.25) is 15.9 Å². The van der Waals surface area contributed by atoms with Crippen LogP contribution in [0.1, 0.15) is 18.4 Å². The third-order valence-corrected chi connectivity index (χ3v) is 6.93. The fraction of sp³-hybridized carbons (Fsp3) is 0.300. The Kier molecular flexibility index (Phi) is 6.42. The molecular formula is C20H20ClN3O4S. The average Bonchev–Trinajstić information content (AvgIpc) is 2.73. The second kappa shape index (κ2) is 8.82. The number of nitrogens with zero attached hydrogens (tertiary/aromatic N) is 2. The number of halogens is 1. The van der Waals surface area contributed by atoms with E-state index in [1.54, 1.807) is 24.3 Å². The molecule has 0 bridgehead atoms. The summed E-state index contributed by atoms with van der Waals surface area (Å²) < 4.78 is 32.4. The highest BCUT2D eigenvalue weighted by molar-refractivity contribution is 7.89. The Balaban J connectivity index is 1.74. The number of sulfonamides is 1. The molecule has 3 rings (SSSR count). The Morgan fingerprint density at radius 1 is 1.31 bits per heavy atom. The van der Waals surface area contributed by atoms with Crippen LogP contribution in [0.25, 0.3) is 0 Å². The number of hydrogen-bond donors (Lipinski definition) is 1. The molecule has 2 aromatic rings. The number of amides is 1. The van der Waals surface area contributed by atoms with E-state index in [4.69, 9.17) is 21.6 Å². The topological polar surface area (TPSA) is 99.5 Å². The number of carbonyl (C=O) groups is 1. The van der Waals surface area contributed by atoms with Crippen LogP contribution in [-0.4, -0.2) is 38.8 Å². The number of rotatable bonds is 5. The van der Waals surface area contributed by atoms with Crippen LogP contribution in [0, 0.1) is 17.2 Å². The van der Waals surface area contributed by atoms with Crippen LogP contribution < -0.4 is 10.1 Å². The van der Waals surface area contributed by atoms with E-state index < -0.39 is 15.9 Å². The van der Waals surface area contributed by atoms with Crippen molar-refractivity contribution in [2.75, 3.05) is 25.5 Å². The predicted octanol–water partition coefficient (Wildman–Crippen LogP) is 3.26. The molecule has 1 amide bonds. The average molecular weight is 434 g/mol. The van der Waals surface area contributed by atoms with Gasteiger partial charge < -0.3 is 10.1 Å². The van der Waals surface area contributed by atoms with Gasteiger partial charge in [0, 0.05) is 18.8 Å². The zero-order chi connectivity index (χ0) is 21.0. The SMILES string of the molecule is COc1ccc(S(=O)(=O)N2CCC[C@@H](C(=O)Nc3cccc(C#N)c3)C2)cc1Cl. The monoisotopic (exact) mass is 433 g/mol. The molecule has 9 heteroatoms. The second-order valence-electron chi connectivity index (χ2n) is 6.68. The van der Waals surface area contributed by atoms with Gasteiger partial charge in [-0.05, 0) is 49.2 Å². The standard InChI is InChI=1S/C20H20ClN3O4S/c1-28-19-8-7-17(11-18(19)21)29(26,27)24-9-3-5-15(13-24)20(25)23-16-6-2-4-14(10-16)12-22/h2,4,6-8,10-11,15H,3,5,9,13H2,1H3,(H,23,25)/t15-/m1/s1. The van der Waals surface area contributed by atoms with Gasteiger partial charge in [-0.1, -0.05) is 17.7 Å². The summed E-state index contributed by atoms with van der Waals surface area (Å²) in [5.74, 6) is -0.369. The van der Waals surface area contributed by atoms with Crippen molar-refractivity contribution in [1.82, 2.24) is 4.31 Å². The molecule has 0 unspecified atom stereocenters. The molecule has 2 aromatic carbocycles. The molecule has 0 saturated carbocycles. The number of hydrogen-bond acceptors (Lipinski definition) is 5. The minimum Gasteiger partial charge on any atom is -0.495 e. The molecule has 1 aliphatic heterocycles. The van der Waals surface area contributed by atoms with E-state index in [0.717, 1.165) is 0 Å². The van der Waals surface area contributed by atoms with E-state index in [1.807, 2.05) is 6.07 Å². The van der Waals surface area contributed by atoms with Gasteiger partial charge in [-0.3, -0.25) is 4.79 Å². The lowest BCUT2D eigenvalue weighted by Crippen LogP contribution is -2.43. The summed E-state index contributed by atoms with van der Waals surface area (Å²) in [6, 6.07) is 12.9. The highest BCUT2D eigenvalue weighted by Gasteiger charge is 2.33. The summed E-state index contributed by atoms with van der Waals surface area (Å²) >= 11 is 6.07. The van der Waals surface area contributed by atoms with Crippen LogP contribution in [-0.2, 0) is 14.8 Å². The van der Waals surface area contributed by atoms with Gasteiger partial charge in [-0.15, -0.1) is 0 Å². The highest BCUT2D eigenvalue weighted by Crippen LogP contribution is 2.30. The lowest BCUT2D eigenvalue weighted by atomic mass is 9.98. The molecule has 0 aromatic heterocycles. The highest BCUT2D eigenvalue weighted by atomic mass is 35.5. The van der Waals surface area contributed by atoms with Crippen molar-refractivity contribution in [1.29, 1.82) is 5.26 Å². The van der Waals surface area contributed by atoms with E-state index in [0.29, 0.717) is 36.4 Å². The van der Waals surface area contributed by atoms with Crippen LogP contribution >= 0.6 is 11.6 Å². The van der Waals surface area contributed by atoms with Crippen molar-refractivity contribution in [2.45, 2.75) is 17.7 Å². The lowest BCUT2D eigenvalue weighted by molar-refractivity contribution is -0.120. The van der Waals surface area contributed by atoms with Crippen LogP contribution in [0.2, 0.25) is 5.02 Å². The smallest absolute Gasteiger partial charge is 0.243 e. The second-order valence-corrected chi connectivity index (χ2v) is 9.03. The van der Waals surface area contributed by atoms with E-state index >= 15 is 0 Å². The Hall–Kier alpha value is -2.60. The van der Waals surface area contributed by atoms with Crippen molar-refractivity contribution in [3.05, 3.63) is 53.1 Å². The molecule has 1 saturated heterocycles. The molecule has 1 aliphatic rings. The molecule has 29 heavy (non-hydrogen) atoms. The van der Waals surface area contributed by atoms with Crippen LogP contribution in [0.5, 0.6) is 5.75 Å². The summed E-state index contributed by atoms with van der Waals surface area (Å²) in [6.45, 7) is 0.412. The zero-order valence-corrected chi connectivity index (χ0v) is 17.3. The number of nitrogens with one attached hydrogen (secondary N) is 1. The van der Waals surface area contributed by atoms with Crippen molar-refractivity contribution in [3.8, 4) is 11.8 Å². The minimum atomic E-state index is -3.79. The van der Waals surface area contributed by atoms with Crippen molar-refractivity contribution >= 4 is 33.2 Å². The summed E-state index contributed by atoms with van der Waals surface area (Å²) in [7, 11) is -2.34. The summed E-state index contributed by atoms with van der Waals surface area (Å²) in [5, 5.41) is 12.0. The molecule has 7 nitrogen and oxygen atoms in total. The van der Waals surface area contributed by atoms with Crippen LogP contribution in [0.4, 0.5) is 5.69 Å². The molecule has 0 aliphatic carbocycles. The van der Waals surface area contributed by atoms with Gasteiger partial charge in [-0.2, -0.15) is 9.57 Å². The van der Waals surface area contributed by atoms with Crippen molar-refractivity contribution < 1.29 is 17.9 Å². The molecule has 1 fully saturated rings.